The molecule has 2 rings (SSSR count). The van der Waals surface area contributed by atoms with Crippen LogP contribution in [0.1, 0.15) is 18.7 Å². The molecule has 0 amide bonds. The summed E-state index contributed by atoms with van der Waals surface area (Å²) in [6, 6.07) is 5.88. The first kappa shape index (κ1) is 10.3. The van der Waals surface area contributed by atoms with Crippen molar-refractivity contribution in [2.75, 3.05) is 7.05 Å². The highest BCUT2D eigenvalue weighted by atomic mass is 35.5. The zero-order chi connectivity index (χ0) is 10.8. The lowest BCUT2D eigenvalue weighted by molar-refractivity contribution is 0.637. The van der Waals surface area contributed by atoms with E-state index in [-0.39, 0.29) is 6.04 Å². The Morgan fingerprint density at radius 2 is 2.13 bits per heavy atom. The van der Waals surface area contributed by atoms with E-state index in [4.69, 9.17) is 11.6 Å². The van der Waals surface area contributed by atoms with E-state index < -0.39 is 0 Å². The van der Waals surface area contributed by atoms with Crippen LogP contribution in [0.25, 0.3) is 10.9 Å². The second kappa shape index (κ2) is 4.13. The third-order valence-corrected chi connectivity index (χ3v) is 2.71. The predicted molar refractivity (Wildman–Crippen MR) is 62.0 cm³/mol. The highest BCUT2D eigenvalue weighted by molar-refractivity contribution is 6.31. The summed E-state index contributed by atoms with van der Waals surface area (Å²) in [7, 11) is 1.91. The first-order valence-electron chi connectivity index (χ1n) is 4.80. The topological polar surface area (TPSA) is 37.8 Å². The Morgan fingerprint density at radius 3 is 2.87 bits per heavy atom. The normalized spacial score (nSPS) is 13.0. The van der Waals surface area contributed by atoms with Gasteiger partial charge in [-0.05, 0) is 32.2 Å². The third-order valence-electron chi connectivity index (χ3n) is 2.47. The summed E-state index contributed by atoms with van der Waals surface area (Å²) in [5.41, 5.74) is 1.88. The molecular weight excluding hydrogens is 210 g/mol. The molecule has 4 heteroatoms. The number of halogens is 1. The minimum atomic E-state index is 0.205. The van der Waals surface area contributed by atoms with Crippen LogP contribution in [0.5, 0.6) is 0 Å². The predicted octanol–water partition coefficient (Wildman–Crippen LogP) is 2.56. The highest BCUT2D eigenvalue weighted by Gasteiger charge is 2.09. The lowest BCUT2D eigenvalue weighted by atomic mass is 10.1. The minimum Gasteiger partial charge on any atom is -0.312 e. The van der Waals surface area contributed by atoms with Crippen LogP contribution in [0.15, 0.2) is 24.5 Å². The molecular formula is C11H12ClN3. The molecule has 1 aromatic heterocycles. The van der Waals surface area contributed by atoms with Crippen LogP contribution in [0, 0.1) is 0 Å². The van der Waals surface area contributed by atoms with Crippen LogP contribution in [-0.2, 0) is 0 Å². The number of hydrogen-bond acceptors (Lipinski definition) is 3. The Labute approximate surface area is 93.5 Å². The minimum absolute atomic E-state index is 0.205. The molecule has 0 aliphatic rings. The largest absolute Gasteiger partial charge is 0.312 e. The first-order valence-corrected chi connectivity index (χ1v) is 5.17. The fourth-order valence-corrected chi connectivity index (χ4v) is 1.70. The Kier molecular flexibility index (Phi) is 2.84. The van der Waals surface area contributed by atoms with Gasteiger partial charge in [0.1, 0.15) is 6.33 Å². The van der Waals surface area contributed by atoms with Gasteiger partial charge in [0.2, 0.25) is 0 Å². The molecule has 0 fully saturated rings. The molecule has 0 bridgehead atoms. The molecule has 3 nitrogen and oxygen atoms in total. The van der Waals surface area contributed by atoms with Gasteiger partial charge in [-0.1, -0.05) is 11.6 Å². The summed E-state index contributed by atoms with van der Waals surface area (Å²) in [6.45, 7) is 2.07. The van der Waals surface area contributed by atoms with Gasteiger partial charge in [0, 0.05) is 16.5 Å². The molecule has 0 saturated heterocycles. The Hall–Kier alpha value is -1.19. The van der Waals surface area contributed by atoms with Gasteiger partial charge in [-0.25, -0.2) is 9.97 Å². The Balaban J connectivity index is 2.66. The van der Waals surface area contributed by atoms with Crippen LogP contribution in [0.2, 0.25) is 5.02 Å². The molecule has 0 aliphatic heterocycles. The smallest absolute Gasteiger partial charge is 0.116 e. The SMILES string of the molecule is CNC(C)c1ncnc2cc(Cl)ccc12. The number of nitrogens with zero attached hydrogens (tertiary/aromatic N) is 2. The van der Waals surface area contributed by atoms with E-state index in [9.17, 15) is 0 Å². The Bertz CT molecular complexity index is 484. The van der Waals surface area contributed by atoms with Crippen molar-refractivity contribution >= 4 is 22.5 Å². The maximum Gasteiger partial charge on any atom is 0.116 e. The number of nitrogens with one attached hydrogen (secondary N) is 1. The zero-order valence-corrected chi connectivity index (χ0v) is 9.42. The molecule has 1 heterocycles. The van der Waals surface area contributed by atoms with E-state index in [1.165, 1.54) is 0 Å². The fourth-order valence-electron chi connectivity index (χ4n) is 1.53. The summed E-state index contributed by atoms with van der Waals surface area (Å²) in [5.74, 6) is 0. The summed E-state index contributed by atoms with van der Waals surface area (Å²) >= 11 is 5.91. The van der Waals surface area contributed by atoms with Crippen molar-refractivity contribution in [3.63, 3.8) is 0 Å². The quantitative estimate of drug-likeness (QED) is 0.847. The van der Waals surface area contributed by atoms with Crippen molar-refractivity contribution in [2.45, 2.75) is 13.0 Å². The molecule has 0 aliphatic carbocycles. The summed E-state index contributed by atoms with van der Waals surface area (Å²) in [5, 5.41) is 4.91. The molecule has 1 aromatic carbocycles. The average molecular weight is 222 g/mol. The molecule has 15 heavy (non-hydrogen) atoms. The summed E-state index contributed by atoms with van der Waals surface area (Å²) < 4.78 is 0. The van der Waals surface area contributed by atoms with E-state index in [1.54, 1.807) is 6.33 Å². The fraction of sp³-hybridized carbons (Fsp3) is 0.273. The van der Waals surface area contributed by atoms with Crippen molar-refractivity contribution in [3.05, 3.63) is 35.2 Å². The number of fused-ring (bicyclic) bond motifs is 1. The van der Waals surface area contributed by atoms with E-state index in [0.29, 0.717) is 5.02 Å². The van der Waals surface area contributed by atoms with Crippen LogP contribution in [0.4, 0.5) is 0 Å². The van der Waals surface area contributed by atoms with Gasteiger partial charge in [0.15, 0.2) is 0 Å². The van der Waals surface area contributed by atoms with Crippen LogP contribution in [-0.4, -0.2) is 17.0 Å². The van der Waals surface area contributed by atoms with Gasteiger partial charge < -0.3 is 5.32 Å². The second-order valence-corrected chi connectivity index (χ2v) is 3.87. The first-order chi connectivity index (χ1) is 7.22. The molecule has 1 unspecified atom stereocenters. The van der Waals surface area contributed by atoms with E-state index in [2.05, 4.69) is 22.2 Å². The van der Waals surface area contributed by atoms with E-state index in [0.717, 1.165) is 16.6 Å². The monoisotopic (exact) mass is 221 g/mol. The number of aromatic nitrogens is 2. The van der Waals surface area contributed by atoms with Crippen LogP contribution in [0.3, 0.4) is 0 Å². The lowest BCUT2D eigenvalue weighted by Gasteiger charge is -2.11. The van der Waals surface area contributed by atoms with Gasteiger partial charge >= 0.3 is 0 Å². The second-order valence-electron chi connectivity index (χ2n) is 3.43. The summed E-state index contributed by atoms with van der Waals surface area (Å²) in [4.78, 5) is 8.49. The van der Waals surface area contributed by atoms with Crippen molar-refractivity contribution in [3.8, 4) is 0 Å². The third kappa shape index (κ3) is 1.94. The van der Waals surface area contributed by atoms with E-state index in [1.807, 2.05) is 25.2 Å². The van der Waals surface area contributed by atoms with Crippen molar-refractivity contribution in [1.82, 2.24) is 15.3 Å². The standard InChI is InChI=1S/C11H12ClN3/c1-7(13-2)11-9-4-3-8(12)5-10(9)14-6-15-11/h3-7,13H,1-2H3. The molecule has 78 valence electrons. The van der Waals surface area contributed by atoms with Crippen molar-refractivity contribution < 1.29 is 0 Å². The van der Waals surface area contributed by atoms with E-state index >= 15 is 0 Å². The van der Waals surface area contributed by atoms with Gasteiger partial charge in [-0.2, -0.15) is 0 Å². The van der Waals surface area contributed by atoms with Crippen molar-refractivity contribution in [1.29, 1.82) is 0 Å². The number of rotatable bonds is 2. The highest BCUT2D eigenvalue weighted by Crippen LogP contribution is 2.22. The van der Waals surface area contributed by atoms with Crippen LogP contribution < -0.4 is 5.32 Å². The molecule has 0 spiro atoms. The van der Waals surface area contributed by atoms with Gasteiger partial charge in [-0.15, -0.1) is 0 Å². The molecule has 0 saturated carbocycles. The maximum atomic E-state index is 5.91. The number of benzene rings is 1. The Morgan fingerprint density at radius 1 is 1.33 bits per heavy atom. The van der Waals surface area contributed by atoms with Gasteiger partial charge in [-0.3, -0.25) is 0 Å². The molecule has 0 radical (unpaired) electrons. The van der Waals surface area contributed by atoms with Gasteiger partial charge in [0.05, 0.1) is 11.2 Å². The lowest BCUT2D eigenvalue weighted by Crippen LogP contribution is -2.14. The van der Waals surface area contributed by atoms with Crippen molar-refractivity contribution in [2.24, 2.45) is 0 Å². The zero-order valence-electron chi connectivity index (χ0n) is 8.66. The van der Waals surface area contributed by atoms with Crippen LogP contribution >= 0.6 is 11.6 Å². The molecule has 1 N–H and O–H groups in total. The molecule has 2 aromatic rings. The average Bonchev–Trinajstić information content (AvgIpc) is 2.26. The summed E-state index contributed by atoms with van der Waals surface area (Å²) in [6.07, 6.45) is 1.57. The number of hydrogen-bond donors (Lipinski definition) is 1. The van der Waals surface area contributed by atoms with Gasteiger partial charge in [0.25, 0.3) is 0 Å². The molecule has 1 atom stereocenters. The maximum absolute atomic E-state index is 5.91.